The fourth-order valence-corrected chi connectivity index (χ4v) is 5.01. The first-order chi connectivity index (χ1) is 15.6. The van der Waals surface area contributed by atoms with Gasteiger partial charge in [-0.1, -0.05) is 78.9 Å². The van der Waals surface area contributed by atoms with E-state index in [-0.39, 0.29) is 6.04 Å². The SMILES string of the molecule is COc1ccccc1CN1CC(C(=O)C=O)N[C@@H](C)C1(c1ccccc1)c1ccccc1. The van der Waals surface area contributed by atoms with Crippen LogP contribution in [0.2, 0.25) is 0 Å². The van der Waals surface area contributed by atoms with Crippen molar-refractivity contribution in [2.75, 3.05) is 13.7 Å². The molecule has 5 nitrogen and oxygen atoms in total. The highest BCUT2D eigenvalue weighted by Gasteiger charge is 2.50. The number of methoxy groups -OCH3 is 1. The summed E-state index contributed by atoms with van der Waals surface area (Å²) in [5.41, 5.74) is 2.72. The lowest BCUT2D eigenvalue weighted by atomic mass is 9.73. The van der Waals surface area contributed by atoms with Crippen molar-refractivity contribution < 1.29 is 14.3 Å². The van der Waals surface area contributed by atoms with Gasteiger partial charge in [0.2, 0.25) is 5.78 Å². The summed E-state index contributed by atoms with van der Waals surface area (Å²) in [5, 5.41) is 3.45. The van der Waals surface area contributed by atoms with Crippen LogP contribution in [0.15, 0.2) is 84.9 Å². The summed E-state index contributed by atoms with van der Waals surface area (Å²) in [5.74, 6) is 0.364. The quantitative estimate of drug-likeness (QED) is 0.461. The number of Topliss-reactive ketones (excluding diaryl/α,β-unsaturated/α-hetero) is 1. The molecule has 3 aromatic rings. The predicted molar refractivity (Wildman–Crippen MR) is 125 cm³/mol. The van der Waals surface area contributed by atoms with E-state index in [1.807, 2.05) is 60.7 Å². The number of nitrogens with one attached hydrogen (secondary N) is 1. The van der Waals surface area contributed by atoms with Gasteiger partial charge in [-0.3, -0.25) is 14.5 Å². The van der Waals surface area contributed by atoms with Gasteiger partial charge < -0.3 is 10.1 Å². The minimum Gasteiger partial charge on any atom is -0.496 e. The van der Waals surface area contributed by atoms with Gasteiger partial charge in [0.25, 0.3) is 0 Å². The Morgan fingerprint density at radius 3 is 2.12 bits per heavy atom. The van der Waals surface area contributed by atoms with Crippen LogP contribution in [0.3, 0.4) is 0 Å². The zero-order valence-corrected chi connectivity index (χ0v) is 18.4. The molecule has 0 amide bonds. The molecule has 4 rings (SSSR count). The number of nitrogens with zero attached hydrogens (tertiary/aromatic N) is 1. The maximum Gasteiger partial charge on any atom is 0.213 e. The van der Waals surface area contributed by atoms with E-state index in [2.05, 4.69) is 41.4 Å². The van der Waals surface area contributed by atoms with Crippen LogP contribution in [0.4, 0.5) is 0 Å². The summed E-state index contributed by atoms with van der Waals surface area (Å²) in [4.78, 5) is 26.1. The minimum absolute atomic E-state index is 0.148. The van der Waals surface area contributed by atoms with Crippen LogP contribution >= 0.6 is 0 Å². The van der Waals surface area contributed by atoms with Crippen molar-refractivity contribution in [3.8, 4) is 5.75 Å². The number of para-hydroxylation sites is 1. The molecule has 164 valence electrons. The minimum atomic E-state index is -0.572. The van der Waals surface area contributed by atoms with Gasteiger partial charge in [-0.05, 0) is 24.1 Å². The number of aldehydes is 1. The van der Waals surface area contributed by atoms with Crippen molar-refractivity contribution in [3.63, 3.8) is 0 Å². The molecular weight excluding hydrogens is 400 g/mol. The van der Waals surface area contributed by atoms with Gasteiger partial charge in [0.15, 0.2) is 6.29 Å². The first kappa shape index (κ1) is 21.9. The fraction of sp³-hybridized carbons (Fsp3) is 0.259. The number of hydrogen-bond donors (Lipinski definition) is 1. The molecule has 1 fully saturated rings. The highest BCUT2D eigenvalue weighted by atomic mass is 16.5. The maximum absolute atomic E-state index is 12.4. The molecular formula is C27H28N2O3. The van der Waals surface area contributed by atoms with E-state index in [9.17, 15) is 9.59 Å². The smallest absolute Gasteiger partial charge is 0.213 e. The normalized spacial score (nSPS) is 20.4. The van der Waals surface area contributed by atoms with Crippen molar-refractivity contribution >= 4 is 12.1 Å². The van der Waals surface area contributed by atoms with E-state index in [1.165, 1.54) is 0 Å². The molecule has 3 aromatic carbocycles. The molecule has 0 spiro atoms. The van der Waals surface area contributed by atoms with Crippen LogP contribution in [-0.2, 0) is 21.7 Å². The zero-order valence-electron chi connectivity index (χ0n) is 18.4. The molecule has 0 saturated carbocycles. The van der Waals surface area contributed by atoms with E-state index < -0.39 is 17.4 Å². The Balaban J connectivity index is 1.91. The maximum atomic E-state index is 12.4. The van der Waals surface area contributed by atoms with Crippen LogP contribution in [-0.4, -0.2) is 42.7 Å². The molecule has 0 aromatic heterocycles. The van der Waals surface area contributed by atoms with Crippen molar-refractivity contribution in [2.24, 2.45) is 0 Å². The standard InChI is InChI=1S/C27H28N2O3/c1-20-27(22-12-5-3-6-13-22,23-14-7-4-8-15-23)29(18-24(28-20)25(31)19-30)17-21-11-9-10-16-26(21)32-2/h3-16,19-20,24,28H,17-18H2,1-2H3/t20-,24?/m0/s1. The van der Waals surface area contributed by atoms with Crippen LogP contribution in [0.5, 0.6) is 5.75 Å². The number of ether oxygens (including phenoxy) is 1. The highest BCUT2D eigenvalue weighted by molar-refractivity contribution is 6.27. The number of ketones is 1. The van der Waals surface area contributed by atoms with Crippen LogP contribution < -0.4 is 10.1 Å². The molecule has 0 radical (unpaired) electrons. The Bertz CT molecular complexity index is 1030. The summed E-state index contributed by atoms with van der Waals surface area (Å²) < 4.78 is 5.62. The topological polar surface area (TPSA) is 58.6 Å². The summed E-state index contributed by atoms with van der Waals surface area (Å²) in [7, 11) is 1.67. The Morgan fingerprint density at radius 1 is 1.00 bits per heavy atom. The summed E-state index contributed by atoms with van der Waals surface area (Å²) >= 11 is 0. The van der Waals surface area contributed by atoms with Crippen molar-refractivity contribution in [2.45, 2.75) is 31.1 Å². The molecule has 2 atom stereocenters. The lowest BCUT2D eigenvalue weighted by molar-refractivity contribution is -0.133. The predicted octanol–water partition coefficient (Wildman–Crippen LogP) is 3.57. The number of carbonyl (C=O) groups is 2. The average molecular weight is 429 g/mol. The van der Waals surface area contributed by atoms with Crippen LogP contribution in [0.25, 0.3) is 0 Å². The molecule has 0 bridgehead atoms. The van der Waals surface area contributed by atoms with Crippen molar-refractivity contribution in [1.82, 2.24) is 10.2 Å². The van der Waals surface area contributed by atoms with Gasteiger partial charge in [0.05, 0.1) is 18.7 Å². The second-order valence-electron chi connectivity index (χ2n) is 8.15. The highest BCUT2D eigenvalue weighted by Crippen LogP contribution is 2.43. The molecule has 0 aliphatic carbocycles. The van der Waals surface area contributed by atoms with Gasteiger partial charge in [-0.2, -0.15) is 0 Å². The van der Waals surface area contributed by atoms with E-state index in [1.54, 1.807) is 7.11 Å². The monoisotopic (exact) mass is 428 g/mol. The molecule has 32 heavy (non-hydrogen) atoms. The number of hydrogen-bond acceptors (Lipinski definition) is 5. The van der Waals surface area contributed by atoms with Crippen LogP contribution in [0, 0.1) is 0 Å². The Labute approximate surface area is 189 Å². The first-order valence-electron chi connectivity index (χ1n) is 10.8. The van der Waals surface area contributed by atoms with E-state index in [4.69, 9.17) is 4.74 Å². The second-order valence-corrected chi connectivity index (χ2v) is 8.15. The van der Waals surface area contributed by atoms with Crippen LogP contribution in [0.1, 0.15) is 23.6 Å². The summed E-state index contributed by atoms with van der Waals surface area (Å²) in [6.07, 6.45) is 0.420. The van der Waals surface area contributed by atoms with Crippen molar-refractivity contribution in [1.29, 1.82) is 0 Å². The lowest BCUT2D eigenvalue weighted by Gasteiger charge is -2.54. The van der Waals surface area contributed by atoms with Crippen molar-refractivity contribution in [3.05, 3.63) is 102 Å². The Morgan fingerprint density at radius 2 is 1.56 bits per heavy atom. The molecule has 1 aliphatic rings. The van der Waals surface area contributed by atoms with Gasteiger partial charge in [0, 0.05) is 24.7 Å². The number of carbonyl (C=O) groups excluding carboxylic acids is 2. The number of rotatable bonds is 7. The molecule has 1 saturated heterocycles. The molecule has 1 heterocycles. The molecule has 1 N–H and O–H groups in total. The molecule has 1 aliphatic heterocycles. The third kappa shape index (κ3) is 3.85. The third-order valence-electron chi connectivity index (χ3n) is 6.42. The zero-order chi connectivity index (χ0) is 22.6. The molecule has 5 heteroatoms. The fourth-order valence-electron chi connectivity index (χ4n) is 5.01. The third-order valence-corrected chi connectivity index (χ3v) is 6.42. The Kier molecular flexibility index (Phi) is 6.49. The molecule has 1 unspecified atom stereocenters. The van der Waals surface area contributed by atoms with E-state index in [0.717, 1.165) is 22.4 Å². The number of benzene rings is 3. The largest absolute Gasteiger partial charge is 0.496 e. The second kappa shape index (κ2) is 9.47. The van der Waals surface area contributed by atoms with Gasteiger partial charge >= 0.3 is 0 Å². The Hall–Kier alpha value is -3.28. The average Bonchev–Trinajstić information content (AvgIpc) is 2.85. The van der Waals surface area contributed by atoms with Gasteiger partial charge in [-0.25, -0.2) is 0 Å². The number of piperazine rings is 1. The summed E-state index contributed by atoms with van der Waals surface area (Å²) in [6, 6.07) is 27.9. The summed E-state index contributed by atoms with van der Waals surface area (Å²) in [6.45, 7) is 3.03. The van der Waals surface area contributed by atoms with Gasteiger partial charge in [-0.15, -0.1) is 0 Å². The first-order valence-corrected chi connectivity index (χ1v) is 10.8. The van der Waals surface area contributed by atoms with E-state index in [0.29, 0.717) is 19.4 Å². The van der Waals surface area contributed by atoms with Gasteiger partial charge in [0.1, 0.15) is 5.75 Å². The van der Waals surface area contributed by atoms with E-state index >= 15 is 0 Å². The lowest BCUT2D eigenvalue weighted by Crippen LogP contribution is -2.69.